The summed E-state index contributed by atoms with van der Waals surface area (Å²) in [6.45, 7) is 6.31. The summed E-state index contributed by atoms with van der Waals surface area (Å²) in [6.07, 6.45) is 4.44. The lowest BCUT2D eigenvalue weighted by molar-refractivity contribution is 0.564. The maximum Gasteiger partial charge on any atom is 0.111 e. The SMILES string of the molecule is CC(N)Cc1nc2ccncc2n1C(C)C. The molecule has 2 aromatic heterocycles. The number of nitrogens with zero attached hydrogens (tertiary/aromatic N) is 3. The van der Waals surface area contributed by atoms with Gasteiger partial charge in [-0.25, -0.2) is 4.98 Å². The molecule has 0 saturated carbocycles. The lowest BCUT2D eigenvalue weighted by atomic mass is 10.2. The van der Waals surface area contributed by atoms with Gasteiger partial charge in [-0.3, -0.25) is 4.98 Å². The zero-order valence-electron chi connectivity index (χ0n) is 10.0. The Morgan fingerprint density at radius 2 is 2.12 bits per heavy atom. The van der Waals surface area contributed by atoms with Crippen LogP contribution in [0.4, 0.5) is 0 Å². The van der Waals surface area contributed by atoms with Crippen LogP contribution in [0.1, 0.15) is 32.6 Å². The fraction of sp³-hybridized carbons (Fsp3) is 0.500. The number of pyridine rings is 1. The van der Waals surface area contributed by atoms with Crippen LogP contribution in [0.2, 0.25) is 0 Å². The van der Waals surface area contributed by atoms with E-state index in [0.717, 1.165) is 23.3 Å². The van der Waals surface area contributed by atoms with Gasteiger partial charge in [-0.2, -0.15) is 0 Å². The molecule has 0 bridgehead atoms. The summed E-state index contributed by atoms with van der Waals surface area (Å²) < 4.78 is 2.21. The lowest BCUT2D eigenvalue weighted by Gasteiger charge is -2.13. The Bertz CT molecular complexity index is 485. The normalized spacial score (nSPS) is 13.6. The standard InChI is InChI=1S/C12H18N4/c1-8(2)16-11-7-14-5-4-10(11)15-12(16)6-9(3)13/h4-5,7-9H,6,13H2,1-3H3. The van der Waals surface area contributed by atoms with Gasteiger partial charge in [0.05, 0.1) is 17.2 Å². The molecule has 0 saturated heterocycles. The lowest BCUT2D eigenvalue weighted by Crippen LogP contribution is -2.21. The van der Waals surface area contributed by atoms with Crippen LogP contribution in [0.3, 0.4) is 0 Å². The minimum Gasteiger partial charge on any atom is -0.328 e. The first-order valence-electron chi connectivity index (χ1n) is 5.66. The molecule has 0 aliphatic heterocycles. The number of hydrogen-bond donors (Lipinski definition) is 1. The van der Waals surface area contributed by atoms with Gasteiger partial charge >= 0.3 is 0 Å². The second-order valence-corrected chi connectivity index (χ2v) is 4.54. The monoisotopic (exact) mass is 218 g/mol. The second-order valence-electron chi connectivity index (χ2n) is 4.54. The van der Waals surface area contributed by atoms with Crippen molar-refractivity contribution in [2.75, 3.05) is 0 Å². The second kappa shape index (κ2) is 4.22. The molecule has 0 amide bonds. The predicted molar refractivity (Wildman–Crippen MR) is 65.3 cm³/mol. The summed E-state index contributed by atoms with van der Waals surface area (Å²) in [6, 6.07) is 2.45. The zero-order valence-corrected chi connectivity index (χ0v) is 10.0. The van der Waals surface area contributed by atoms with Crippen LogP contribution in [-0.4, -0.2) is 20.6 Å². The molecule has 86 valence electrons. The fourth-order valence-electron chi connectivity index (χ4n) is 2.00. The predicted octanol–water partition coefficient (Wildman–Crippen LogP) is 1.90. The molecule has 1 atom stereocenters. The number of rotatable bonds is 3. The third-order valence-electron chi connectivity index (χ3n) is 2.59. The number of aromatic nitrogens is 3. The van der Waals surface area contributed by atoms with Crippen molar-refractivity contribution in [3.05, 3.63) is 24.3 Å². The number of hydrogen-bond acceptors (Lipinski definition) is 3. The molecule has 2 N–H and O–H groups in total. The van der Waals surface area contributed by atoms with Crippen molar-refractivity contribution in [3.8, 4) is 0 Å². The molecule has 0 aliphatic carbocycles. The van der Waals surface area contributed by atoms with Crippen molar-refractivity contribution in [1.82, 2.24) is 14.5 Å². The zero-order chi connectivity index (χ0) is 11.7. The number of imidazole rings is 1. The molecular formula is C12H18N4. The van der Waals surface area contributed by atoms with Gasteiger partial charge in [-0.15, -0.1) is 0 Å². The summed E-state index contributed by atoms with van der Waals surface area (Å²) in [4.78, 5) is 8.77. The van der Waals surface area contributed by atoms with Crippen LogP contribution >= 0.6 is 0 Å². The Balaban J connectivity index is 2.58. The van der Waals surface area contributed by atoms with Crippen LogP contribution in [0, 0.1) is 0 Å². The van der Waals surface area contributed by atoms with Gasteiger partial charge < -0.3 is 10.3 Å². The Labute approximate surface area is 95.5 Å². The van der Waals surface area contributed by atoms with E-state index < -0.39 is 0 Å². The molecule has 2 rings (SSSR count). The Morgan fingerprint density at radius 1 is 1.38 bits per heavy atom. The summed E-state index contributed by atoms with van der Waals surface area (Å²) in [5, 5.41) is 0. The molecule has 0 aromatic carbocycles. The highest BCUT2D eigenvalue weighted by Gasteiger charge is 2.13. The first-order valence-corrected chi connectivity index (χ1v) is 5.66. The van der Waals surface area contributed by atoms with E-state index in [0.29, 0.717) is 6.04 Å². The molecule has 0 radical (unpaired) electrons. The first-order chi connectivity index (χ1) is 7.59. The van der Waals surface area contributed by atoms with Crippen molar-refractivity contribution in [2.24, 2.45) is 5.73 Å². The average molecular weight is 218 g/mol. The van der Waals surface area contributed by atoms with Crippen molar-refractivity contribution in [3.63, 3.8) is 0 Å². The molecule has 2 heterocycles. The van der Waals surface area contributed by atoms with Crippen molar-refractivity contribution >= 4 is 11.0 Å². The summed E-state index contributed by atoms with van der Waals surface area (Å²) in [5.74, 6) is 1.05. The largest absolute Gasteiger partial charge is 0.328 e. The molecule has 4 heteroatoms. The number of nitrogens with two attached hydrogens (primary N) is 1. The Hall–Kier alpha value is -1.42. The minimum atomic E-state index is 0.127. The fourth-order valence-corrected chi connectivity index (χ4v) is 2.00. The first kappa shape index (κ1) is 11.1. The molecule has 16 heavy (non-hydrogen) atoms. The van der Waals surface area contributed by atoms with Crippen LogP contribution in [0.25, 0.3) is 11.0 Å². The van der Waals surface area contributed by atoms with Gasteiger partial charge in [0.25, 0.3) is 0 Å². The molecule has 0 fully saturated rings. The van der Waals surface area contributed by atoms with E-state index in [9.17, 15) is 0 Å². The molecule has 0 aliphatic rings. The van der Waals surface area contributed by atoms with Gasteiger partial charge in [-0.05, 0) is 26.8 Å². The van der Waals surface area contributed by atoms with Gasteiger partial charge in [0.2, 0.25) is 0 Å². The van der Waals surface area contributed by atoms with Gasteiger partial charge in [-0.1, -0.05) is 0 Å². The highest BCUT2D eigenvalue weighted by molar-refractivity contribution is 5.74. The Kier molecular flexibility index (Phi) is 2.92. The topological polar surface area (TPSA) is 56.7 Å². The quantitative estimate of drug-likeness (QED) is 0.856. The smallest absolute Gasteiger partial charge is 0.111 e. The molecule has 4 nitrogen and oxygen atoms in total. The van der Waals surface area contributed by atoms with E-state index >= 15 is 0 Å². The van der Waals surface area contributed by atoms with Crippen LogP contribution in [0.15, 0.2) is 18.5 Å². The summed E-state index contributed by atoms with van der Waals surface area (Å²) in [5.41, 5.74) is 7.94. The molecular weight excluding hydrogens is 200 g/mol. The minimum absolute atomic E-state index is 0.127. The highest BCUT2D eigenvalue weighted by Crippen LogP contribution is 2.20. The van der Waals surface area contributed by atoms with E-state index in [1.165, 1.54) is 0 Å². The summed E-state index contributed by atoms with van der Waals surface area (Å²) >= 11 is 0. The maximum absolute atomic E-state index is 5.85. The van der Waals surface area contributed by atoms with Crippen LogP contribution in [0.5, 0.6) is 0 Å². The van der Waals surface area contributed by atoms with E-state index in [-0.39, 0.29) is 6.04 Å². The average Bonchev–Trinajstić information content (AvgIpc) is 2.53. The van der Waals surface area contributed by atoms with Crippen molar-refractivity contribution in [2.45, 2.75) is 39.3 Å². The number of fused-ring (bicyclic) bond motifs is 1. The Morgan fingerprint density at radius 3 is 2.75 bits per heavy atom. The van der Waals surface area contributed by atoms with Crippen LogP contribution < -0.4 is 5.73 Å². The van der Waals surface area contributed by atoms with Gasteiger partial charge in [0.15, 0.2) is 0 Å². The van der Waals surface area contributed by atoms with Gasteiger partial charge in [0, 0.05) is 24.7 Å². The summed E-state index contributed by atoms with van der Waals surface area (Å²) in [7, 11) is 0. The third-order valence-corrected chi connectivity index (χ3v) is 2.59. The molecule has 1 unspecified atom stereocenters. The highest BCUT2D eigenvalue weighted by atomic mass is 15.1. The van der Waals surface area contributed by atoms with Crippen LogP contribution in [-0.2, 0) is 6.42 Å². The maximum atomic E-state index is 5.85. The third kappa shape index (κ3) is 1.93. The van der Waals surface area contributed by atoms with Gasteiger partial charge in [0.1, 0.15) is 5.82 Å². The van der Waals surface area contributed by atoms with E-state index in [2.05, 4.69) is 28.4 Å². The molecule has 2 aromatic rings. The van der Waals surface area contributed by atoms with Crippen molar-refractivity contribution in [1.29, 1.82) is 0 Å². The van der Waals surface area contributed by atoms with Crippen molar-refractivity contribution < 1.29 is 0 Å². The molecule has 0 spiro atoms. The van der Waals surface area contributed by atoms with E-state index in [1.54, 1.807) is 6.20 Å². The van der Waals surface area contributed by atoms with E-state index in [4.69, 9.17) is 5.73 Å². The van der Waals surface area contributed by atoms with E-state index in [1.807, 2.05) is 19.2 Å².